The Hall–Kier alpha value is -1.21. The molecule has 102 valence electrons. The van der Waals surface area contributed by atoms with Gasteiger partial charge in [-0.3, -0.25) is 9.69 Å². The lowest BCUT2D eigenvalue weighted by Crippen LogP contribution is -2.49. The van der Waals surface area contributed by atoms with E-state index in [-0.39, 0.29) is 24.6 Å². The van der Waals surface area contributed by atoms with Crippen LogP contribution in [0.5, 0.6) is 0 Å². The summed E-state index contributed by atoms with van der Waals surface area (Å²) in [5.41, 5.74) is 0. The maximum atomic E-state index is 12.2. The Kier molecular flexibility index (Phi) is 3.40. The number of nitrogens with one attached hydrogen (secondary N) is 1. The van der Waals surface area contributed by atoms with Crippen LogP contribution in [0.1, 0.15) is 25.7 Å². The summed E-state index contributed by atoms with van der Waals surface area (Å²) in [5, 5.41) is 12.6. The van der Waals surface area contributed by atoms with E-state index in [1.54, 1.807) is 11.1 Å². The summed E-state index contributed by atoms with van der Waals surface area (Å²) in [4.78, 5) is 22.5. The summed E-state index contributed by atoms with van der Waals surface area (Å²) in [6.07, 6.45) is 4.46. The van der Waals surface area contributed by atoms with E-state index in [0.29, 0.717) is 16.2 Å². The van der Waals surface area contributed by atoms with E-state index in [0.717, 1.165) is 25.7 Å². The van der Waals surface area contributed by atoms with Crippen molar-refractivity contribution >= 4 is 33.5 Å². The third-order valence-corrected chi connectivity index (χ3v) is 4.04. The Bertz CT molecular complexity index is 503. The third-order valence-electron chi connectivity index (χ3n) is 3.66. The molecule has 1 aliphatic carbocycles. The number of hydrogen-bond acceptors (Lipinski definition) is 5. The second-order valence-electron chi connectivity index (χ2n) is 4.94. The Balaban J connectivity index is 1.92. The Labute approximate surface area is 119 Å². The van der Waals surface area contributed by atoms with Gasteiger partial charge in [0.25, 0.3) is 0 Å². The number of halogens is 1. The first-order valence-electron chi connectivity index (χ1n) is 6.41. The number of rotatable bonds is 1. The van der Waals surface area contributed by atoms with Crippen molar-refractivity contribution in [1.29, 1.82) is 0 Å². The van der Waals surface area contributed by atoms with Crippen molar-refractivity contribution in [3.8, 4) is 0 Å². The van der Waals surface area contributed by atoms with Crippen molar-refractivity contribution in [3.05, 3.63) is 10.8 Å². The fourth-order valence-electron chi connectivity index (χ4n) is 2.71. The number of nitrogens with zero attached hydrogens (tertiary/aromatic N) is 3. The molecule has 0 radical (unpaired) electrons. The third kappa shape index (κ3) is 2.44. The van der Waals surface area contributed by atoms with Gasteiger partial charge in [0.05, 0.1) is 18.8 Å². The predicted molar refractivity (Wildman–Crippen MR) is 74.0 cm³/mol. The number of aromatic nitrogens is 2. The van der Waals surface area contributed by atoms with Gasteiger partial charge in [-0.05, 0) is 41.6 Å². The summed E-state index contributed by atoms with van der Waals surface area (Å²) in [6, 6.07) is 0.111. The highest BCUT2D eigenvalue weighted by Crippen LogP contribution is 2.33. The van der Waals surface area contributed by atoms with Crippen LogP contribution in [0, 0.1) is 0 Å². The highest BCUT2D eigenvalue weighted by molar-refractivity contribution is 9.10. The van der Waals surface area contributed by atoms with Gasteiger partial charge in [0.2, 0.25) is 5.91 Å². The SMILES string of the molecule is O=[13C]1[13CH2]Nc2ncc(Br)nc2N1[C@H]1CC[C@H](O)CC1. The van der Waals surface area contributed by atoms with Crippen molar-refractivity contribution in [2.45, 2.75) is 37.8 Å². The van der Waals surface area contributed by atoms with E-state index in [4.69, 9.17) is 0 Å². The molecular weight excluding hydrogens is 314 g/mol. The first-order chi connectivity index (χ1) is 9.15. The molecular formula is C12H15BrN4O2. The molecule has 2 N–H and O–H groups in total. The van der Waals surface area contributed by atoms with E-state index in [1.807, 2.05) is 0 Å². The summed E-state index contributed by atoms with van der Waals surface area (Å²) < 4.78 is 0.614. The molecule has 6 nitrogen and oxygen atoms in total. The molecule has 1 aromatic rings. The maximum absolute atomic E-state index is 12.2. The van der Waals surface area contributed by atoms with E-state index >= 15 is 0 Å². The van der Waals surface area contributed by atoms with Crippen LogP contribution in [-0.2, 0) is 4.79 Å². The van der Waals surface area contributed by atoms with Crippen LogP contribution in [0.3, 0.4) is 0 Å². The van der Waals surface area contributed by atoms with Crippen LogP contribution >= 0.6 is 15.9 Å². The van der Waals surface area contributed by atoms with Gasteiger partial charge < -0.3 is 10.4 Å². The Morgan fingerprint density at radius 2 is 2.11 bits per heavy atom. The first-order valence-corrected chi connectivity index (χ1v) is 7.21. The topological polar surface area (TPSA) is 78.4 Å². The molecule has 0 bridgehead atoms. The standard InChI is InChI=1S/C12H15BrN4O2/c13-9-5-14-11-12(16-9)17(10(19)6-15-11)7-1-3-8(18)4-2-7/h5,7-8,18H,1-4,6H2,(H,14,15)/t7-,8-/i6+1,10+1. The summed E-state index contributed by atoms with van der Waals surface area (Å²) in [7, 11) is 0. The fraction of sp³-hybridized carbons (Fsp3) is 0.583. The molecule has 2 heterocycles. The zero-order valence-corrected chi connectivity index (χ0v) is 11.9. The molecule has 3 rings (SSSR count). The predicted octanol–water partition coefficient (Wildman–Crippen LogP) is 1.30. The zero-order chi connectivity index (χ0) is 13.4. The van der Waals surface area contributed by atoms with Gasteiger partial charge in [0.1, 0.15) is 4.60 Å². The molecule has 0 unspecified atom stereocenters. The number of aliphatic hydroxyl groups is 1. The smallest absolute Gasteiger partial charge is 0.247 e. The van der Waals surface area contributed by atoms with Crippen LogP contribution in [-0.4, -0.2) is 39.7 Å². The van der Waals surface area contributed by atoms with E-state index in [1.165, 1.54) is 0 Å². The first kappa shape index (κ1) is 12.8. The number of carbonyl (C=O) groups is 1. The molecule has 1 fully saturated rings. The second kappa shape index (κ2) is 5.05. The lowest BCUT2D eigenvalue weighted by atomic mass is 9.92. The van der Waals surface area contributed by atoms with Gasteiger partial charge >= 0.3 is 0 Å². The molecule has 19 heavy (non-hydrogen) atoms. The molecule has 1 amide bonds. The highest BCUT2D eigenvalue weighted by atomic mass is 79.9. The van der Waals surface area contributed by atoms with E-state index in [2.05, 4.69) is 31.2 Å². The van der Waals surface area contributed by atoms with Crippen molar-refractivity contribution in [3.63, 3.8) is 0 Å². The summed E-state index contributed by atoms with van der Waals surface area (Å²) in [6.45, 7) is 0.252. The van der Waals surface area contributed by atoms with Crippen molar-refractivity contribution < 1.29 is 9.90 Å². The van der Waals surface area contributed by atoms with Gasteiger partial charge in [-0.25, -0.2) is 9.97 Å². The average molecular weight is 329 g/mol. The average Bonchev–Trinajstić information content (AvgIpc) is 2.40. The molecule has 1 aliphatic heterocycles. The highest BCUT2D eigenvalue weighted by Gasteiger charge is 2.34. The monoisotopic (exact) mass is 328 g/mol. The fourth-order valence-corrected chi connectivity index (χ4v) is 2.98. The molecule has 1 aromatic heterocycles. The van der Waals surface area contributed by atoms with Gasteiger partial charge in [-0.2, -0.15) is 0 Å². The number of hydrogen-bond donors (Lipinski definition) is 2. The second-order valence-corrected chi connectivity index (χ2v) is 5.76. The summed E-state index contributed by atoms with van der Waals surface area (Å²) >= 11 is 3.29. The Morgan fingerprint density at radius 1 is 1.37 bits per heavy atom. The van der Waals surface area contributed by atoms with Gasteiger partial charge in [-0.1, -0.05) is 0 Å². The van der Waals surface area contributed by atoms with E-state index < -0.39 is 0 Å². The minimum Gasteiger partial charge on any atom is -0.393 e. The van der Waals surface area contributed by atoms with Crippen molar-refractivity contribution in [2.24, 2.45) is 0 Å². The largest absolute Gasteiger partial charge is 0.393 e. The maximum Gasteiger partial charge on any atom is 0.247 e. The summed E-state index contributed by atoms with van der Waals surface area (Å²) in [5.74, 6) is 1.25. The van der Waals surface area contributed by atoms with Crippen LogP contribution in [0.2, 0.25) is 0 Å². The number of carbonyl (C=O) groups excluding carboxylic acids is 1. The van der Waals surface area contributed by atoms with Crippen LogP contribution in [0.15, 0.2) is 10.8 Å². The van der Waals surface area contributed by atoms with E-state index in [9.17, 15) is 9.90 Å². The number of anilines is 2. The van der Waals surface area contributed by atoms with Crippen LogP contribution < -0.4 is 10.2 Å². The quantitative estimate of drug-likeness (QED) is 0.760. The van der Waals surface area contributed by atoms with Crippen LogP contribution in [0.25, 0.3) is 0 Å². The zero-order valence-electron chi connectivity index (χ0n) is 10.3. The molecule has 7 heteroatoms. The minimum absolute atomic E-state index is 0.0151. The normalized spacial score (nSPS) is 26.8. The number of aliphatic hydroxyl groups excluding tert-OH is 1. The lowest BCUT2D eigenvalue weighted by Gasteiger charge is -2.37. The number of fused-ring (bicyclic) bond motifs is 1. The molecule has 2 aliphatic rings. The van der Waals surface area contributed by atoms with Gasteiger partial charge in [-0.15, -0.1) is 0 Å². The minimum atomic E-state index is -0.234. The lowest BCUT2D eigenvalue weighted by molar-refractivity contribution is -0.118. The molecule has 0 atom stereocenters. The van der Waals surface area contributed by atoms with Gasteiger partial charge in [0, 0.05) is 6.04 Å². The molecule has 0 saturated heterocycles. The molecule has 1 saturated carbocycles. The number of amides is 1. The Morgan fingerprint density at radius 3 is 2.84 bits per heavy atom. The van der Waals surface area contributed by atoms with Crippen LogP contribution in [0.4, 0.5) is 11.6 Å². The molecule has 0 aromatic carbocycles. The van der Waals surface area contributed by atoms with Crippen molar-refractivity contribution in [1.82, 2.24) is 9.97 Å². The van der Waals surface area contributed by atoms with Gasteiger partial charge in [0.15, 0.2) is 11.6 Å². The van der Waals surface area contributed by atoms with Crippen molar-refractivity contribution in [2.75, 3.05) is 16.8 Å². The molecule has 0 spiro atoms.